The Labute approximate surface area is 196 Å². The van der Waals surface area contributed by atoms with E-state index in [-0.39, 0.29) is 15.9 Å². The lowest BCUT2D eigenvalue weighted by Gasteiger charge is -2.19. The Balaban J connectivity index is 1.62. The molecule has 0 radical (unpaired) electrons. The molecule has 0 aliphatic rings. The van der Waals surface area contributed by atoms with Gasteiger partial charge in [-0.1, -0.05) is 22.9 Å². The number of thiazole rings is 1. The molecule has 0 saturated carbocycles. The van der Waals surface area contributed by atoms with Crippen LogP contribution in [0.15, 0.2) is 63.9 Å². The molecule has 32 heavy (non-hydrogen) atoms. The van der Waals surface area contributed by atoms with Crippen LogP contribution in [0.1, 0.15) is 0 Å². The van der Waals surface area contributed by atoms with Gasteiger partial charge in [-0.05, 0) is 54.7 Å². The van der Waals surface area contributed by atoms with Crippen LogP contribution in [0.4, 0.5) is 11.4 Å². The first kappa shape index (κ1) is 20.6. The summed E-state index contributed by atoms with van der Waals surface area (Å²) in [6, 6.07) is 15.1. The summed E-state index contributed by atoms with van der Waals surface area (Å²) < 4.78 is 13.1. The van der Waals surface area contributed by atoms with Crippen molar-refractivity contribution in [1.82, 2.24) is 14.5 Å². The zero-order valence-corrected chi connectivity index (χ0v) is 19.3. The van der Waals surface area contributed by atoms with Crippen LogP contribution in [0, 0.1) is 4.84 Å². The maximum atomic E-state index is 13.1. The lowest BCUT2D eigenvalue weighted by molar-refractivity contribution is 0.404. The fourth-order valence-electron chi connectivity index (χ4n) is 3.35. The summed E-state index contributed by atoms with van der Waals surface area (Å²) in [6.07, 6.45) is 1.49. The fourth-order valence-corrected chi connectivity index (χ4v) is 4.78. The van der Waals surface area contributed by atoms with Gasteiger partial charge in [0.15, 0.2) is 11.3 Å². The lowest BCUT2D eigenvalue weighted by Crippen LogP contribution is -2.20. The number of hydrogen-bond acceptors (Lipinski definition) is 8. The third-order valence-corrected chi connectivity index (χ3v) is 6.54. The van der Waals surface area contributed by atoms with E-state index in [0.29, 0.717) is 15.9 Å². The van der Waals surface area contributed by atoms with Gasteiger partial charge in [0.25, 0.3) is 10.4 Å². The van der Waals surface area contributed by atoms with Gasteiger partial charge in [-0.3, -0.25) is 4.79 Å². The van der Waals surface area contributed by atoms with E-state index in [0.717, 1.165) is 21.6 Å². The number of halogens is 1. The molecule has 0 saturated heterocycles. The highest BCUT2D eigenvalue weighted by atomic mass is 35.5. The van der Waals surface area contributed by atoms with Crippen molar-refractivity contribution in [2.24, 2.45) is 0 Å². The molecule has 0 amide bonds. The predicted octanol–water partition coefficient (Wildman–Crippen LogP) is 5.75. The third-order valence-electron chi connectivity index (χ3n) is 5.02. The van der Waals surface area contributed by atoms with Gasteiger partial charge >= 0.3 is 0 Å². The average Bonchev–Trinajstić information content (AvgIpc) is 3.21. The molecule has 3 heterocycles. The minimum absolute atomic E-state index is 0.0219. The van der Waals surface area contributed by atoms with Crippen molar-refractivity contribution in [3.63, 3.8) is 0 Å². The molecule has 2 aromatic carbocycles. The smallest absolute Gasteiger partial charge is 0.290 e. The molecule has 0 aliphatic heterocycles. The normalized spacial score (nSPS) is 11.2. The van der Waals surface area contributed by atoms with Crippen LogP contribution >= 0.6 is 35.2 Å². The number of benzene rings is 2. The molecule has 0 aliphatic carbocycles. The van der Waals surface area contributed by atoms with Crippen LogP contribution in [0.2, 0.25) is 5.02 Å². The zero-order valence-electron chi connectivity index (χ0n) is 16.9. The first-order valence-electron chi connectivity index (χ1n) is 9.45. The van der Waals surface area contributed by atoms with Crippen molar-refractivity contribution in [2.75, 3.05) is 19.1 Å². The van der Waals surface area contributed by atoms with Crippen LogP contribution in [0.5, 0.6) is 5.75 Å². The van der Waals surface area contributed by atoms with Crippen molar-refractivity contribution >= 4 is 67.8 Å². The summed E-state index contributed by atoms with van der Waals surface area (Å²) >= 11 is 12.7. The summed E-state index contributed by atoms with van der Waals surface area (Å²) in [5, 5.41) is 1.10. The van der Waals surface area contributed by atoms with Gasteiger partial charge in [0.1, 0.15) is 0 Å². The second-order valence-electron chi connectivity index (χ2n) is 6.88. The minimum atomic E-state index is -0.410. The van der Waals surface area contributed by atoms with E-state index in [4.69, 9.17) is 33.0 Å². The van der Waals surface area contributed by atoms with Gasteiger partial charge in [0, 0.05) is 35.7 Å². The number of nitrogens with zero attached hydrogens (tertiary/aromatic N) is 4. The van der Waals surface area contributed by atoms with E-state index in [2.05, 4.69) is 9.97 Å². The summed E-state index contributed by atoms with van der Waals surface area (Å²) in [5.74, 6) is 0.393. The van der Waals surface area contributed by atoms with Crippen molar-refractivity contribution in [3.05, 3.63) is 74.9 Å². The van der Waals surface area contributed by atoms with Crippen LogP contribution in [0.3, 0.4) is 0 Å². The summed E-state index contributed by atoms with van der Waals surface area (Å²) in [4.78, 5) is 23.9. The maximum Gasteiger partial charge on any atom is 0.290 e. The molecule has 7 nitrogen and oxygen atoms in total. The highest BCUT2D eigenvalue weighted by molar-refractivity contribution is 7.71. The van der Waals surface area contributed by atoms with Crippen molar-refractivity contribution in [1.29, 1.82) is 0 Å². The number of aromatic nitrogens is 3. The molecule has 160 valence electrons. The maximum absolute atomic E-state index is 13.1. The Hall–Kier alpha value is -3.27. The largest absolute Gasteiger partial charge is 0.493 e. The van der Waals surface area contributed by atoms with Gasteiger partial charge in [-0.2, -0.15) is 0 Å². The molecule has 5 rings (SSSR count). The number of ether oxygens (including phenoxy) is 1. The number of anilines is 2. The SMILES string of the molecule is COc1ccnc2c(=O)n(-c3nc4ccc(N(C)c5ccc(Cl)cc5)cc4s3)c(=S)oc12. The highest BCUT2D eigenvalue weighted by Gasteiger charge is 2.17. The van der Waals surface area contributed by atoms with Crippen molar-refractivity contribution in [2.45, 2.75) is 0 Å². The van der Waals surface area contributed by atoms with Gasteiger partial charge < -0.3 is 14.1 Å². The highest BCUT2D eigenvalue weighted by Crippen LogP contribution is 2.32. The van der Waals surface area contributed by atoms with E-state index in [9.17, 15) is 4.79 Å². The Bertz CT molecular complexity index is 1590. The van der Waals surface area contributed by atoms with Crippen LogP contribution < -0.4 is 15.2 Å². The molecule has 3 aromatic heterocycles. The number of pyridine rings is 1. The average molecular weight is 483 g/mol. The Kier molecular flexibility index (Phi) is 5.16. The molecular weight excluding hydrogens is 468 g/mol. The molecule has 5 aromatic rings. The summed E-state index contributed by atoms with van der Waals surface area (Å²) in [7, 11) is 3.46. The number of methoxy groups -OCH3 is 1. The summed E-state index contributed by atoms with van der Waals surface area (Å²) in [5.41, 5.74) is 2.65. The van der Waals surface area contributed by atoms with E-state index in [1.165, 1.54) is 29.2 Å². The van der Waals surface area contributed by atoms with Gasteiger partial charge in [-0.15, -0.1) is 0 Å². The Morgan fingerprint density at radius 1 is 1.16 bits per heavy atom. The lowest BCUT2D eigenvalue weighted by atomic mass is 10.2. The van der Waals surface area contributed by atoms with Crippen LogP contribution in [-0.4, -0.2) is 28.7 Å². The Morgan fingerprint density at radius 3 is 2.66 bits per heavy atom. The molecule has 10 heteroatoms. The molecule has 0 fully saturated rings. The third kappa shape index (κ3) is 3.44. The molecular formula is C22H15ClN4O3S2. The first-order valence-corrected chi connectivity index (χ1v) is 11.1. The van der Waals surface area contributed by atoms with E-state index < -0.39 is 5.56 Å². The standard InChI is InChI=1S/C22H15ClN4O3S2/c1-26(13-5-3-12(23)4-6-13)14-7-8-15-17(11-14)32-21(25-15)27-20(28)18-19(30-22(27)31)16(29-2)9-10-24-18/h3-11H,1-2H3. The van der Waals surface area contributed by atoms with Gasteiger partial charge in [0.2, 0.25) is 10.7 Å². The second kappa shape index (κ2) is 8.01. The van der Waals surface area contributed by atoms with Crippen LogP contribution in [0.25, 0.3) is 26.4 Å². The molecule has 0 unspecified atom stereocenters. The monoisotopic (exact) mass is 482 g/mol. The molecule has 0 bridgehead atoms. The van der Waals surface area contributed by atoms with Crippen LogP contribution in [-0.2, 0) is 0 Å². The second-order valence-corrected chi connectivity index (χ2v) is 8.68. The molecule has 0 spiro atoms. The van der Waals surface area contributed by atoms with E-state index in [1.807, 2.05) is 54.4 Å². The van der Waals surface area contributed by atoms with E-state index in [1.54, 1.807) is 6.07 Å². The fraction of sp³-hybridized carbons (Fsp3) is 0.0909. The molecule has 0 N–H and O–H groups in total. The topological polar surface area (TPSA) is 73.4 Å². The summed E-state index contributed by atoms with van der Waals surface area (Å²) in [6.45, 7) is 0. The van der Waals surface area contributed by atoms with Gasteiger partial charge in [-0.25, -0.2) is 14.5 Å². The number of fused-ring (bicyclic) bond motifs is 2. The van der Waals surface area contributed by atoms with Gasteiger partial charge in [0.05, 0.1) is 17.3 Å². The first-order chi connectivity index (χ1) is 15.5. The van der Waals surface area contributed by atoms with Crippen molar-refractivity contribution in [3.8, 4) is 10.9 Å². The quantitative estimate of drug-likeness (QED) is 0.302. The number of rotatable bonds is 4. The Morgan fingerprint density at radius 2 is 1.91 bits per heavy atom. The van der Waals surface area contributed by atoms with Crippen molar-refractivity contribution < 1.29 is 9.15 Å². The minimum Gasteiger partial charge on any atom is -0.493 e. The zero-order chi connectivity index (χ0) is 22.4. The van der Waals surface area contributed by atoms with E-state index >= 15 is 0 Å². The molecule has 0 atom stereocenters. The number of hydrogen-bond donors (Lipinski definition) is 0. The predicted molar refractivity (Wildman–Crippen MR) is 130 cm³/mol.